The van der Waals surface area contributed by atoms with Crippen molar-refractivity contribution in [3.05, 3.63) is 0 Å². The number of hydrogen-bond acceptors (Lipinski definition) is 2. The van der Waals surface area contributed by atoms with Crippen LogP contribution in [0, 0.1) is 0 Å². The summed E-state index contributed by atoms with van der Waals surface area (Å²) in [5.74, 6) is 0. The quantitative estimate of drug-likeness (QED) is 0.706. The lowest BCUT2D eigenvalue weighted by molar-refractivity contribution is 0.0819. The highest BCUT2D eigenvalue weighted by molar-refractivity contribution is 6.35. The Morgan fingerprint density at radius 3 is 2.50 bits per heavy atom. The number of hydrogen-bond donors (Lipinski definition) is 0. The van der Waals surface area contributed by atoms with Crippen molar-refractivity contribution in [2.75, 3.05) is 13.2 Å². The smallest absolute Gasteiger partial charge is 0.368 e. The van der Waals surface area contributed by atoms with Crippen LogP contribution in [0.1, 0.15) is 38.5 Å². The SMILES string of the molecule is Cl.[CH3][Mg][CH](CCC1CCCO1)C1CCCO1. The minimum Gasteiger partial charge on any atom is -0.380 e. The van der Waals surface area contributed by atoms with Crippen LogP contribution in [-0.4, -0.2) is 45.8 Å². The van der Waals surface area contributed by atoms with E-state index in [4.69, 9.17) is 9.47 Å². The minimum absolute atomic E-state index is 0. The summed E-state index contributed by atoms with van der Waals surface area (Å²) in [5, 5.41) is 2.43. The lowest BCUT2D eigenvalue weighted by Crippen LogP contribution is -2.20. The number of rotatable bonds is 5. The Morgan fingerprint density at radius 1 is 1.19 bits per heavy atom. The molecule has 16 heavy (non-hydrogen) atoms. The van der Waals surface area contributed by atoms with E-state index in [-0.39, 0.29) is 32.8 Å². The third-order valence-corrected chi connectivity index (χ3v) is 5.88. The van der Waals surface area contributed by atoms with Gasteiger partial charge in [-0.05, 0) is 32.1 Å². The molecule has 2 fully saturated rings. The van der Waals surface area contributed by atoms with Gasteiger partial charge in [0.15, 0.2) is 0 Å². The normalized spacial score (nSPS) is 30.8. The van der Waals surface area contributed by atoms with E-state index >= 15 is 0 Å². The van der Waals surface area contributed by atoms with E-state index in [1.54, 1.807) is 0 Å². The summed E-state index contributed by atoms with van der Waals surface area (Å²) in [6.45, 7) is 2.01. The fraction of sp³-hybridized carbons (Fsp3) is 1.00. The van der Waals surface area contributed by atoms with Gasteiger partial charge in [0.2, 0.25) is 0 Å². The zero-order valence-electron chi connectivity index (χ0n) is 10.3. The predicted molar refractivity (Wildman–Crippen MR) is 69.8 cm³/mol. The van der Waals surface area contributed by atoms with Gasteiger partial charge in [0, 0.05) is 19.3 Å². The van der Waals surface area contributed by atoms with Crippen molar-refractivity contribution < 1.29 is 9.47 Å². The summed E-state index contributed by atoms with van der Waals surface area (Å²) >= 11 is 0.0801. The Bertz CT molecular complexity index is 180. The standard InChI is InChI=1S/C11H19O2.CH3.ClH.Mg/c1(4-10-6-2-8-12-10)5-11-7-3-9-13-11;;;/h4,10-11H,1-3,5-9H2;1H3;1H;. The van der Waals surface area contributed by atoms with Crippen LogP contribution in [0.15, 0.2) is 0 Å². The first-order chi connectivity index (χ1) is 7.40. The van der Waals surface area contributed by atoms with E-state index in [1.165, 1.54) is 38.5 Å². The van der Waals surface area contributed by atoms with Crippen molar-refractivity contribution >= 4 is 32.8 Å². The fourth-order valence-corrected chi connectivity index (χ4v) is 4.44. The van der Waals surface area contributed by atoms with Gasteiger partial charge in [-0.15, -0.1) is 16.5 Å². The van der Waals surface area contributed by atoms with Gasteiger partial charge in [0.05, 0.1) is 6.10 Å². The molecule has 2 heterocycles. The second-order valence-corrected chi connectivity index (χ2v) is 6.80. The van der Waals surface area contributed by atoms with Crippen LogP contribution in [0.3, 0.4) is 0 Å². The molecule has 2 aliphatic rings. The second kappa shape index (κ2) is 8.14. The zero-order chi connectivity index (χ0) is 10.5. The molecule has 0 saturated carbocycles. The molecule has 2 rings (SSSR count). The van der Waals surface area contributed by atoms with E-state index < -0.39 is 0 Å². The molecule has 0 aromatic rings. The fourth-order valence-electron chi connectivity index (χ4n) is 2.90. The van der Waals surface area contributed by atoms with Crippen molar-refractivity contribution in [3.8, 4) is 0 Å². The van der Waals surface area contributed by atoms with Crippen molar-refractivity contribution in [1.29, 1.82) is 0 Å². The second-order valence-electron chi connectivity index (χ2n) is 4.93. The van der Waals surface area contributed by atoms with Crippen LogP contribution in [0.4, 0.5) is 0 Å². The third kappa shape index (κ3) is 4.34. The molecule has 4 heteroatoms. The van der Waals surface area contributed by atoms with Gasteiger partial charge >= 0.3 is 20.4 Å². The van der Waals surface area contributed by atoms with Crippen LogP contribution in [0.25, 0.3) is 0 Å². The topological polar surface area (TPSA) is 18.5 Å². The largest absolute Gasteiger partial charge is 0.380 e. The Morgan fingerprint density at radius 2 is 1.94 bits per heavy atom. The summed E-state index contributed by atoms with van der Waals surface area (Å²) in [6, 6.07) is 0. The first kappa shape index (κ1) is 15.0. The highest BCUT2D eigenvalue weighted by Gasteiger charge is 2.26. The van der Waals surface area contributed by atoms with E-state index in [9.17, 15) is 0 Å². The molecule has 2 saturated heterocycles. The van der Waals surface area contributed by atoms with Crippen molar-refractivity contribution in [2.24, 2.45) is 0 Å². The molecule has 0 aromatic carbocycles. The van der Waals surface area contributed by atoms with Crippen molar-refractivity contribution in [2.45, 2.75) is 59.8 Å². The molecular weight excluding hydrogens is 236 g/mol. The molecule has 0 N–H and O–H groups in total. The summed E-state index contributed by atoms with van der Waals surface area (Å²) in [6.07, 6.45) is 9.01. The van der Waals surface area contributed by atoms with E-state index in [0.717, 1.165) is 17.3 Å². The highest BCUT2D eigenvalue weighted by atomic mass is 35.5. The molecule has 0 amide bonds. The number of ether oxygens (including phenoxy) is 2. The van der Waals surface area contributed by atoms with Crippen LogP contribution in [0.2, 0.25) is 9.10 Å². The highest BCUT2D eigenvalue weighted by Crippen LogP contribution is 2.30. The lowest BCUT2D eigenvalue weighted by Gasteiger charge is -2.23. The third-order valence-electron chi connectivity index (χ3n) is 3.90. The molecule has 2 nitrogen and oxygen atoms in total. The Kier molecular flexibility index (Phi) is 7.65. The van der Waals surface area contributed by atoms with Crippen LogP contribution in [0.5, 0.6) is 0 Å². The molecule has 3 unspecified atom stereocenters. The van der Waals surface area contributed by atoms with E-state index in [1.807, 2.05) is 0 Å². The molecule has 0 spiro atoms. The molecule has 0 aromatic heterocycles. The van der Waals surface area contributed by atoms with Crippen LogP contribution >= 0.6 is 12.4 Å². The number of halogens is 1. The van der Waals surface area contributed by atoms with E-state index in [0.29, 0.717) is 12.2 Å². The monoisotopic (exact) mass is 258 g/mol. The molecule has 0 bridgehead atoms. The summed E-state index contributed by atoms with van der Waals surface area (Å²) in [7, 11) is 0. The molecule has 3 atom stereocenters. The lowest BCUT2D eigenvalue weighted by atomic mass is 10.0. The molecule has 2 aliphatic heterocycles. The van der Waals surface area contributed by atoms with E-state index in [2.05, 4.69) is 5.05 Å². The van der Waals surface area contributed by atoms with Gasteiger partial charge in [0.25, 0.3) is 0 Å². The first-order valence-electron chi connectivity index (χ1n) is 6.63. The summed E-state index contributed by atoms with van der Waals surface area (Å²) in [5.41, 5.74) is 0. The maximum atomic E-state index is 5.82. The maximum absolute atomic E-state index is 5.82. The molecule has 0 aliphatic carbocycles. The molecular formula is C12H23ClMgO2. The Hall–Kier alpha value is 0.976. The maximum Gasteiger partial charge on any atom is 0.368 e. The Balaban J connectivity index is 0.00000128. The summed E-state index contributed by atoms with van der Waals surface area (Å²) in [4.78, 5) is 0. The average Bonchev–Trinajstić information content (AvgIpc) is 2.90. The minimum atomic E-state index is 0. The molecule has 92 valence electrons. The Labute approximate surface area is 115 Å². The van der Waals surface area contributed by atoms with Crippen LogP contribution in [-0.2, 0) is 9.47 Å². The van der Waals surface area contributed by atoms with Gasteiger partial charge in [-0.2, -0.15) is 5.05 Å². The van der Waals surface area contributed by atoms with Crippen molar-refractivity contribution in [1.82, 2.24) is 0 Å². The zero-order valence-corrected chi connectivity index (χ0v) is 12.6. The van der Waals surface area contributed by atoms with Gasteiger partial charge in [0.1, 0.15) is 0 Å². The van der Waals surface area contributed by atoms with Gasteiger partial charge in [-0.1, -0.05) is 6.42 Å². The first-order valence-corrected chi connectivity index (χ1v) is 8.86. The van der Waals surface area contributed by atoms with Crippen LogP contribution < -0.4 is 0 Å². The van der Waals surface area contributed by atoms with Crippen molar-refractivity contribution in [3.63, 3.8) is 0 Å². The summed E-state index contributed by atoms with van der Waals surface area (Å²) < 4.78 is 12.4. The predicted octanol–water partition coefficient (Wildman–Crippen LogP) is 3.09. The van der Waals surface area contributed by atoms with Gasteiger partial charge in [-0.25, -0.2) is 0 Å². The molecule has 0 radical (unpaired) electrons. The van der Waals surface area contributed by atoms with Gasteiger partial charge < -0.3 is 9.47 Å². The average molecular weight is 259 g/mol. The van der Waals surface area contributed by atoms with Gasteiger partial charge in [-0.3, -0.25) is 0 Å².